The van der Waals surface area contributed by atoms with Crippen molar-refractivity contribution in [1.82, 2.24) is 14.7 Å². The first-order valence-electron chi connectivity index (χ1n) is 8.22. The fourth-order valence-electron chi connectivity index (χ4n) is 3.64. The summed E-state index contributed by atoms with van der Waals surface area (Å²) >= 11 is 0. The molecular weight excluding hydrogens is 322 g/mol. The van der Waals surface area contributed by atoms with Crippen LogP contribution >= 0.6 is 0 Å². The smallest absolute Gasteiger partial charge is 0.152 e. The van der Waals surface area contributed by atoms with Gasteiger partial charge in [0.15, 0.2) is 9.84 Å². The van der Waals surface area contributed by atoms with Crippen LogP contribution in [0.15, 0.2) is 30.6 Å². The van der Waals surface area contributed by atoms with Gasteiger partial charge in [-0.25, -0.2) is 13.1 Å². The summed E-state index contributed by atoms with van der Waals surface area (Å²) in [5.41, 5.74) is 4.33. The van der Waals surface area contributed by atoms with E-state index in [1.165, 1.54) is 16.7 Å². The predicted octanol–water partition coefficient (Wildman–Crippen LogP) is 2.50. The van der Waals surface area contributed by atoms with Crippen molar-refractivity contribution in [1.29, 1.82) is 0 Å². The van der Waals surface area contributed by atoms with Crippen LogP contribution in [0.4, 0.5) is 0 Å². The van der Waals surface area contributed by atoms with E-state index in [1.54, 1.807) is 6.20 Å². The number of aromatic nitrogens is 2. The summed E-state index contributed by atoms with van der Waals surface area (Å²) in [6, 6.07) is 6.24. The lowest BCUT2D eigenvalue weighted by Gasteiger charge is -2.35. The number of benzene rings is 1. The monoisotopic (exact) mass is 347 g/mol. The van der Waals surface area contributed by atoms with Crippen molar-refractivity contribution in [3.63, 3.8) is 0 Å². The number of hydrogen-bond donors (Lipinski definition) is 0. The highest BCUT2D eigenvalue weighted by atomic mass is 32.2. The van der Waals surface area contributed by atoms with Crippen molar-refractivity contribution >= 4 is 9.84 Å². The van der Waals surface area contributed by atoms with Crippen LogP contribution in [0.3, 0.4) is 0 Å². The van der Waals surface area contributed by atoms with E-state index in [0.717, 1.165) is 5.69 Å². The molecule has 0 N–H and O–H groups in total. The molecule has 0 aliphatic carbocycles. The van der Waals surface area contributed by atoms with E-state index in [1.807, 2.05) is 30.9 Å². The predicted molar refractivity (Wildman–Crippen MR) is 96.2 cm³/mol. The SMILES string of the molecule is Cc1cc(C)c(-n2cccn2)c(CN(C)[C@@]2(C)CCS(=O)(=O)C2)c1. The minimum Gasteiger partial charge on any atom is -0.296 e. The van der Waals surface area contributed by atoms with Crippen LogP contribution < -0.4 is 0 Å². The Morgan fingerprint density at radius 3 is 2.67 bits per heavy atom. The van der Waals surface area contributed by atoms with Gasteiger partial charge in [0.2, 0.25) is 0 Å². The Balaban J connectivity index is 1.96. The van der Waals surface area contributed by atoms with Gasteiger partial charge in [-0.1, -0.05) is 17.7 Å². The molecule has 0 bridgehead atoms. The van der Waals surface area contributed by atoms with E-state index in [9.17, 15) is 8.42 Å². The molecule has 1 aliphatic heterocycles. The van der Waals surface area contributed by atoms with Gasteiger partial charge in [0, 0.05) is 24.5 Å². The van der Waals surface area contributed by atoms with E-state index >= 15 is 0 Å². The van der Waals surface area contributed by atoms with Crippen molar-refractivity contribution in [3.05, 3.63) is 47.3 Å². The lowest BCUT2D eigenvalue weighted by atomic mass is 9.97. The van der Waals surface area contributed by atoms with E-state index in [4.69, 9.17) is 0 Å². The Morgan fingerprint density at radius 1 is 1.33 bits per heavy atom. The molecule has 5 nitrogen and oxygen atoms in total. The molecule has 1 saturated heterocycles. The minimum atomic E-state index is -2.92. The molecule has 1 atom stereocenters. The molecule has 0 saturated carbocycles. The van der Waals surface area contributed by atoms with Crippen LogP contribution in [-0.2, 0) is 16.4 Å². The Hall–Kier alpha value is -1.66. The van der Waals surface area contributed by atoms with Gasteiger partial charge in [-0.3, -0.25) is 4.90 Å². The average Bonchev–Trinajstić information content (AvgIpc) is 3.07. The zero-order valence-electron chi connectivity index (χ0n) is 14.8. The first-order chi connectivity index (χ1) is 11.2. The first-order valence-corrected chi connectivity index (χ1v) is 10.0. The second-order valence-corrected chi connectivity index (χ2v) is 9.42. The average molecular weight is 347 g/mol. The van der Waals surface area contributed by atoms with Gasteiger partial charge >= 0.3 is 0 Å². The summed E-state index contributed by atoms with van der Waals surface area (Å²) in [5.74, 6) is 0.519. The van der Waals surface area contributed by atoms with Gasteiger partial charge in [0.25, 0.3) is 0 Å². The van der Waals surface area contributed by atoms with Crippen LogP contribution in [-0.4, -0.2) is 47.2 Å². The lowest BCUT2D eigenvalue weighted by molar-refractivity contribution is 0.154. The third-order valence-corrected chi connectivity index (χ3v) is 6.96. The maximum atomic E-state index is 11.9. The molecule has 0 radical (unpaired) electrons. The molecular formula is C18H25N3O2S. The van der Waals surface area contributed by atoms with Crippen LogP contribution in [0.5, 0.6) is 0 Å². The van der Waals surface area contributed by atoms with Crippen molar-refractivity contribution < 1.29 is 8.42 Å². The quantitative estimate of drug-likeness (QED) is 0.853. The van der Waals surface area contributed by atoms with Gasteiger partial charge in [-0.05, 0) is 51.4 Å². The van der Waals surface area contributed by atoms with Crippen molar-refractivity contribution in [2.45, 2.75) is 39.3 Å². The molecule has 3 rings (SSSR count). The number of hydrogen-bond acceptors (Lipinski definition) is 4. The molecule has 0 spiro atoms. The molecule has 0 amide bonds. The van der Waals surface area contributed by atoms with E-state index in [-0.39, 0.29) is 17.0 Å². The molecule has 2 aromatic rings. The van der Waals surface area contributed by atoms with E-state index < -0.39 is 9.84 Å². The highest BCUT2D eigenvalue weighted by Crippen LogP contribution is 2.31. The van der Waals surface area contributed by atoms with Gasteiger partial charge in [-0.2, -0.15) is 5.10 Å². The molecule has 1 aliphatic rings. The third kappa shape index (κ3) is 3.26. The number of rotatable bonds is 4. The minimum absolute atomic E-state index is 0.235. The Bertz CT molecular complexity index is 843. The molecule has 6 heteroatoms. The maximum Gasteiger partial charge on any atom is 0.152 e. The Kier molecular flexibility index (Phi) is 4.30. The largest absolute Gasteiger partial charge is 0.296 e. The van der Waals surface area contributed by atoms with E-state index in [2.05, 4.69) is 36.0 Å². The standard InChI is InChI=1S/C18H25N3O2S/c1-14-10-15(2)17(21-8-5-7-19-21)16(11-14)12-20(4)18(3)6-9-24(22,23)13-18/h5,7-8,10-11H,6,9,12-13H2,1-4H3/t18-/m0/s1. The van der Waals surface area contributed by atoms with Crippen molar-refractivity contribution in [3.8, 4) is 5.69 Å². The van der Waals surface area contributed by atoms with Crippen molar-refractivity contribution in [2.24, 2.45) is 0 Å². The molecule has 0 unspecified atom stereocenters. The Labute approximate surface area is 144 Å². The Morgan fingerprint density at radius 2 is 2.08 bits per heavy atom. The molecule has 1 aromatic heterocycles. The van der Waals surface area contributed by atoms with Gasteiger partial charge in [0.1, 0.15) is 0 Å². The summed E-state index contributed by atoms with van der Waals surface area (Å²) in [5, 5.41) is 4.39. The molecule has 1 aromatic carbocycles. The number of sulfone groups is 1. The normalized spacial score (nSPS) is 23.0. The van der Waals surface area contributed by atoms with Gasteiger partial charge in [-0.15, -0.1) is 0 Å². The summed E-state index contributed by atoms with van der Waals surface area (Å²) in [4.78, 5) is 2.18. The lowest BCUT2D eigenvalue weighted by Crippen LogP contribution is -2.44. The topological polar surface area (TPSA) is 55.2 Å². The summed E-state index contributed by atoms with van der Waals surface area (Å²) in [6.45, 7) is 6.93. The summed E-state index contributed by atoms with van der Waals surface area (Å²) in [7, 11) is -0.901. The van der Waals surface area contributed by atoms with Crippen LogP contribution in [0.25, 0.3) is 5.69 Å². The molecule has 130 valence electrons. The van der Waals surface area contributed by atoms with Crippen LogP contribution in [0.2, 0.25) is 0 Å². The second kappa shape index (κ2) is 6.01. The van der Waals surface area contributed by atoms with Gasteiger partial charge in [0.05, 0.1) is 17.2 Å². The molecule has 24 heavy (non-hydrogen) atoms. The van der Waals surface area contributed by atoms with Crippen LogP contribution in [0, 0.1) is 13.8 Å². The van der Waals surface area contributed by atoms with Crippen molar-refractivity contribution in [2.75, 3.05) is 18.6 Å². The van der Waals surface area contributed by atoms with Gasteiger partial charge < -0.3 is 0 Å². The fraction of sp³-hybridized carbons (Fsp3) is 0.500. The summed E-state index contributed by atoms with van der Waals surface area (Å²) in [6.07, 6.45) is 4.41. The maximum absolute atomic E-state index is 11.9. The first kappa shape index (κ1) is 17.2. The van der Waals surface area contributed by atoms with E-state index in [0.29, 0.717) is 13.0 Å². The zero-order chi connectivity index (χ0) is 17.5. The number of aryl methyl sites for hydroxylation is 2. The fourth-order valence-corrected chi connectivity index (χ4v) is 5.85. The third-order valence-electron chi connectivity index (χ3n) is 5.07. The zero-order valence-corrected chi connectivity index (χ0v) is 15.6. The highest BCUT2D eigenvalue weighted by molar-refractivity contribution is 7.91. The van der Waals surface area contributed by atoms with Crippen LogP contribution in [0.1, 0.15) is 30.0 Å². The summed E-state index contributed by atoms with van der Waals surface area (Å²) < 4.78 is 25.7. The second-order valence-electron chi connectivity index (χ2n) is 7.24. The molecule has 2 heterocycles. The molecule has 1 fully saturated rings. The highest BCUT2D eigenvalue weighted by Gasteiger charge is 2.41. The number of nitrogens with zero attached hydrogens (tertiary/aromatic N) is 3.